The van der Waals surface area contributed by atoms with Gasteiger partial charge in [0, 0.05) is 11.6 Å². The molecule has 3 nitrogen and oxygen atoms in total. The Kier molecular flexibility index (Phi) is 5.76. The molecule has 0 atom stereocenters. The second-order valence-electron chi connectivity index (χ2n) is 4.10. The van der Waals surface area contributed by atoms with E-state index in [-0.39, 0.29) is 24.6 Å². The molecule has 0 aromatic heterocycles. The number of nitriles is 1. The minimum absolute atomic E-state index is 0.0874. The first-order valence-electron chi connectivity index (χ1n) is 5.54. The van der Waals surface area contributed by atoms with Crippen molar-refractivity contribution in [2.75, 3.05) is 20.1 Å². The summed E-state index contributed by atoms with van der Waals surface area (Å²) in [7, 11) is 1.76. The van der Waals surface area contributed by atoms with Gasteiger partial charge in [-0.1, -0.05) is 11.6 Å². The zero-order valence-corrected chi connectivity index (χ0v) is 10.9. The van der Waals surface area contributed by atoms with Gasteiger partial charge in [0.05, 0.1) is 19.0 Å². The molecular formula is C13H14ClFN2O. The number of hydrogen-bond donors (Lipinski definition) is 0. The molecule has 0 aliphatic carbocycles. The minimum atomic E-state index is -0.295. The average Bonchev–Trinajstić information content (AvgIpc) is 2.30. The first-order chi connectivity index (χ1) is 8.52. The van der Waals surface area contributed by atoms with Gasteiger partial charge in [-0.3, -0.25) is 9.69 Å². The average molecular weight is 269 g/mol. The van der Waals surface area contributed by atoms with E-state index in [0.29, 0.717) is 23.6 Å². The molecule has 0 amide bonds. The quantitative estimate of drug-likeness (QED) is 0.796. The van der Waals surface area contributed by atoms with Crippen molar-refractivity contribution in [2.24, 2.45) is 0 Å². The maximum Gasteiger partial charge on any atom is 0.160 e. The van der Waals surface area contributed by atoms with Crippen LogP contribution in [0.15, 0.2) is 18.2 Å². The van der Waals surface area contributed by atoms with Crippen LogP contribution >= 0.6 is 11.6 Å². The minimum Gasteiger partial charge on any atom is -0.299 e. The highest BCUT2D eigenvalue weighted by atomic mass is 35.5. The van der Waals surface area contributed by atoms with Gasteiger partial charge in [-0.25, -0.2) is 4.39 Å². The number of ketones is 1. The van der Waals surface area contributed by atoms with Crippen LogP contribution in [0.3, 0.4) is 0 Å². The molecule has 0 fully saturated rings. The number of nitrogens with zero attached hydrogens (tertiary/aromatic N) is 2. The Labute approximate surface area is 111 Å². The third kappa shape index (κ3) is 4.82. The van der Waals surface area contributed by atoms with Gasteiger partial charge in [0.25, 0.3) is 0 Å². The topological polar surface area (TPSA) is 44.1 Å². The van der Waals surface area contributed by atoms with Crippen LogP contribution in [0.4, 0.5) is 4.39 Å². The molecule has 1 rings (SSSR count). The largest absolute Gasteiger partial charge is 0.299 e. The predicted octanol–water partition coefficient (Wildman–Crippen LogP) is 2.44. The van der Waals surface area contributed by atoms with Crippen molar-refractivity contribution >= 4 is 17.4 Å². The molecule has 0 saturated carbocycles. The summed E-state index contributed by atoms with van der Waals surface area (Å²) in [4.78, 5) is 13.0. The second kappa shape index (κ2) is 7.10. The van der Waals surface area contributed by atoms with Crippen molar-refractivity contribution < 1.29 is 9.18 Å². The van der Waals surface area contributed by atoms with Crippen molar-refractivity contribution in [1.29, 1.82) is 5.26 Å². The number of benzene rings is 1. The summed E-state index contributed by atoms with van der Waals surface area (Å²) in [6, 6.07) is 6.23. The van der Waals surface area contributed by atoms with E-state index in [1.807, 2.05) is 6.07 Å². The highest BCUT2D eigenvalue weighted by Gasteiger charge is 2.08. The number of carbonyl (C=O) groups excluding carboxylic acids is 1. The smallest absolute Gasteiger partial charge is 0.160 e. The van der Waals surface area contributed by atoms with Gasteiger partial charge in [-0.2, -0.15) is 5.26 Å². The summed E-state index contributed by atoms with van der Waals surface area (Å²) < 4.78 is 13.4. The number of halogens is 2. The Balaban J connectivity index is 2.47. The summed E-state index contributed by atoms with van der Waals surface area (Å²) in [5, 5.41) is 8.87. The molecule has 1 aromatic rings. The lowest BCUT2D eigenvalue weighted by Crippen LogP contribution is -2.27. The summed E-state index contributed by atoms with van der Waals surface area (Å²) >= 11 is 5.79. The Hall–Kier alpha value is -1.44. The summed E-state index contributed by atoms with van der Waals surface area (Å²) in [5.41, 5.74) is 0.530. The number of Topliss-reactive ketones (excluding diaryl/α,β-unsaturated/α-hetero) is 1. The van der Waals surface area contributed by atoms with Crippen molar-refractivity contribution in [2.45, 2.75) is 12.8 Å². The monoisotopic (exact) mass is 268 g/mol. The van der Waals surface area contributed by atoms with E-state index in [0.717, 1.165) is 0 Å². The highest BCUT2D eigenvalue weighted by molar-refractivity contribution is 6.30. The molecule has 0 spiro atoms. The molecule has 0 heterocycles. The predicted molar refractivity (Wildman–Crippen MR) is 67.8 cm³/mol. The van der Waals surface area contributed by atoms with Crippen LogP contribution in [0, 0.1) is 17.1 Å². The fourth-order valence-corrected chi connectivity index (χ4v) is 1.77. The van der Waals surface area contributed by atoms with Crippen LogP contribution in [0.5, 0.6) is 0 Å². The molecule has 0 N–H and O–H groups in total. The molecule has 0 aliphatic heterocycles. The van der Waals surface area contributed by atoms with Gasteiger partial charge < -0.3 is 0 Å². The molecule has 0 unspecified atom stereocenters. The Morgan fingerprint density at radius 3 is 2.94 bits per heavy atom. The van der Waals surface area contributed by atoms with Crippen molar-refractivity contribution in [3.63, 3.8) is 0 Å². The van der Waals surface area contributed by atoms with E-state index in [1.165, 1.54) is 12.1 Å². The lowest BCUT2D eigenvalue weighted by atomic mass is 10.1. The first-order valence-corrected chi connectivity index (χ1v) is 5.92. The fraction of sp³-hybridized carbons (Fsp3) is 0.385. The molecule has 18 heavy (non-hydrogen) atoms. The van der Waals surface area contributed by atoms with Gasteiger partial charge in [0.2, 0.25) is 0 Å². The maximum atomic E-state index is 13.4. The normalized spacial score (nSPS) is 10.4. The maximum absolute atomic E-state index is 13.4. The molecule has 0 aliphatic rings. The van der Waals surface area contributed by atoms with Crippen molar-refractivity contribution in [3.8, 4) is 6.07 Å². The van der Waals surface area contributed by atoms with Gasteiger partial charge in [-0.15, -0.1) is 0 Å². The van der Waals surface area contributed by atoms with Gasteiger partial charge >= 0.3 is 0 Å². The van der Waals surface area contributed by atoms with Crippen LogP contribution in [-0.4, -0.2) is 30.8 Å². The van der Waals surface area contributed by atoms with Crippen LogP contribution < -0.4 is 0 Å². The molecule has 1 aromatic carbocycles. The zero-order valence-electron chi connectivity index (χ0n) is 10.1. The standard InChI is InChI=1S/C13H14ClFN2O/c1-17(9-12(18)4-6-16)7-5-10-8-11(14)2-3-13(10)15/h2-3,8H,4-5,7,9H2,1H3. The Bertz CT molecular complexity index is 471. The fourth-order valence-electron chi connectivity index (χ4n) is 1.57. The van der Waals surface area contributed by atoms with Gasteiger partial charge in [0.15, 0.2) is 5.78 Å². The van der Waals surface area contributed by atoms with Crippen molar-refractivity contribution in [3.05, 3.63) is 34.6 Å². The zero-order chi connectivity index (χ0) is 13.5. The summed E-state index contributed by atoms with van der Waals surface area (Å²) in [5.74, 6) is -0.428. The molecule has 96 valence electrons. The lowest BCUT2D eigenvalue weighted by Gasteiger charge is -2.15. The van der Waals surface area contributed by atoms with E-state index in [9.17, 15) is 9.18 Å². The van der Waals surface area contributed by atoms with Crippen LogP contribution in [0.1, 0.15) is 12.0 Å². The van der Waals surface area contributed by atoms with Crippen LogP contribution in [-0.2, 0) is 11.2 Å². The van der Waals surface area contributed by atoms with Gasteiger partial charge in [-0.05, 0) is 37.2 Å². The Morgan fingerprint density at radius 2 is 2.28 bits per heavy atom. The number of hydrogen-bond acceptors (Lipinski definition) is 3. The molecule has 0 radical (unpaired) electrons. The third-order valence-electron chi connectivity index (χ3n) is 2.49. The first kappa shape index (κ1) is 14.6. The van der Waals surface area contributed by atoms with Crippen molar-refractivity contribution in [1.82, 2.24) is 4.90 Å². The van der Waals surface area contributed by atoms with E-state index < -0.39 is 0 Å². The molecule has 0 saturated heterocycles. The molecular weight excluding hydrogens is 255 g/mol. The molecule has 0 bridgehead atoms. The van der Waals surface area contributed by atoms with E-state index in [4.69, 9.17) is 16.9 Å². The Morgan fingerprint density at radius 1 is 1.56 bits per heavy atom. The number of likely N-dealkylation sites (N-methyl/N-ethyl adjacent to an activating group) is 1. The lowest BCUT2D eigenvalue weighted by molar-refractivity contribution is -0.118. The van der Waals surface area contributed by atoms with Gasteiger partial charge in [0.1, 0.15) is 5.82 Å². The highest BCUT2D eigenvalue weighted by Crippen LogP contribution is 2.15. The molecule has 5 heteroatoms. The SMILES string of the molecule is CN(CCc1cc(Cl)ccc1F)CC(=O)CC#N. The van der Waals surface area contributed by atoms with Crippen LogP contribution in [0.2, 0.25) is 5.02 Å². The second-order valence-corrected chi connectivity index (χ2v) is 4.53. The number of carbonyl (C=O) groups is 1. The van der Waals surface area contributed by atoms with E-state index >= 15 is 0 Å². The number of rotatable bonds is 6. The van der Waals surface area contributed by atoms with E-state index in [1.54, 1.807) is 18.0 Å². The summed E-state index contributed by atoms with van der Waals surface area (Å²) in [6.07, 6.45) is 0.387. The van der Waals surface area contributed by atoms with Crippen LogP contribution in [0.25, 0.3) is 0 Å². The van der Waals surface area contributed by atoms with E-state index in [2.05, 4.69) is 0 Å². The summed E-state index contributed by atoms with van der Waals surface area (Å²) in [6.45, 7) is 0.740. The third-order valence-corrected chi connectivity index (χ3v) is 2.73.